The summed E-state index contributed by atoms with van der Waals surface area (Å²) in [5.74, 6) is 1.13. The maximum Gasteiger partial charge on any atom is 0.410 e. The van der Waals surface area contributed by atoms with Crippen LogP contribution in [0.3, 0.4) is 0 Å². The van der Waals surface area contributed by atoms with Crippen LogP contribution in [0.25, 0.3) is 0 Å². The van der Waals surface area contributed by atoms with Gasteiger partial charge in [0.15, 0.2) is 0 Å². The third-order valence-electron chi connectivity index (χ3n) is 6.52. The first-order valence-electron chi connectivity index (χ1n) is 8.80. The van der Waals surface area contributed by atoms with E-state index in [0.29, 0.717) is 30.8 Å². The number of esters is 1. The lowest BCUT2D eigenvalue weighted by atomic mass is 9.48. The second-order valence-electron chi connectivity index (χ2n) is 8.09. The highest BCUT2D eigenvalue weighted by Crippen LogP contribution is 2.61. The molecule has 2 N–H and O–H groups in total. The first-order valence-corrected chi connectivity index (χ1v) is 8.80. The minimum Gasteiger partial charge on any atom is -0.469 e. The third kappa shape index (κ3) is 2.42. The first-order chi connectivity index (χ1) is 11.0. The molecule has 1 saturated heterocycles. The molecule has 0 aromatic rings. The topological polar surface area (TPSA) is 81.9 Å². The molecule has 1 aliphatic heterocycles. The van der Waals surface area contributed by atoms with Gasteiger partial charge in [0.1, 0.15) is 6.10 Å². The van der Waals surface area contributed by atoms with E-state index >= 15 is 0 Å². The van der Waals surface area contributed by atoms with Gasteiger partial charge in [0.2, 0.25) is 0 Å². The molecule has 1 amide bonds. The van der Waals surface area contributed by atoms with Crippen LogP contribution in [0.5, 0.6) is 0 Å². The van der Waals surface area contributed by atoms with Gasteiger partial charge in [-0.1, -0.05) is 0 Å². The Labute approximate surface area is 136 Å². The van der Waals surface area contributed by atoms with Crippen molar-refractivity contribution < 1.29 is 19.1 Å². The number of nitrogens with zero attached hydrogens (tertiary/aromatic N) is 1. The average Bonchev–Trinajstić information content (AvgIpc) is 2.96. The summed E-state index contributed by atoms with van der Waals surface area (Å²) in [5, 5.41) is 0. The minimum absolute atomic E-state index is 0.0337. The maximum absolute atomic E-state index is 12.4. The third-order valence-corrected chi connectivity index (χ3v) is 6.52. The minimum atomic E-state index is -0.315. The lowest BCUT2D eigenvalue weighted by molar-refractivity contribution is -0.182. The second-order valence-corrected chi connectivity index (χ2v) is 8.09. The summed E-state index contributed by atoms with van der Waals surface area (Å²) < 4.78 is 11.0. The quantitative estimate of drug-likeness (QED) is 0.780. The van der Waals surface area contributed by atoms with Crippen molar-refractivity contribution in [1.82, 2.24) is 4.90 Å². The highest BCUT2D eigenvalue weighted by Gasteiger charge is 2.60. The fraction of sp³-hybridized carbons (Fsp3) is 0.882. The van der Waals surface area contributed by atoms with Crippen molar-refractivity contribution in [3.63, 3.8) is 0 Å². The lowest BCUT2D eigenvalue weighted by Gasteiger charge is -2.57. The molecule has 4 bridgehead atoms. The van der Waals surface area contributed by atoms with E-state index in [1.807, 2.05) is 0 Å². The number of amides is 1. The van der Waals surface area contributed by atoms with E-state index in [1.54, 1.807) is 4.90 Å². The van der Waals surface area contributed by atoms with Crippen molar-refractivity contribution in [3.05, 3.63) is 0 Å². The Morgan fingerprint density at radius 1 is 1.17 bits per heavy atom. The van der Waals surface area contributed by atoms with Gasteiger partial charge in [0.05, 0.1) is 12.5 Å². The Hall–Kier alpha value is -1.30. The number of carbonyl (C=O) groups excluding carboxylic acids is 2. The Balaban J connectivity index is 1.46. The monoisotopic (exact) mass is 322 g/mol. The molecule has 6 atom stereocenters. The normalized spacial score (nSPS) is 44.4. The van der Waals surface area contributed by atoms with Crippen LogP contribution in [0.1, 0.15) is 38.5 Å². The number of likely N-dealkylation sites (tertiary alicyclic amines) is 1. The van der Waals surface area contributed by atoms with Crippen LogP contribution in [0.2, 0.25) is 0 Å². The Kier molecular flexibility index (Phi) is 3.55. The summed E-state index contributed by atoms with van der Waals surface area (Å²) >= 11 is 0. The van der Waals surface area contributed by atoms with E-state index in [4.69, 9.17) is 15.2 Å². The van der Waals surface area contributed by atoms with Crippen LogP contribution in [-0.2, 0) is 14.3 Å². The predicted octanol–water partition coefficient (Wildman–Crippen LogP) is 1.52. The highest BCUT2D eigenvalue weighted by atomic mass is 16.6. The molecule has 4 aliphatic carbocycles. The van der Waals surface area contributed by atoms with Gasteiger partial charge >= 0.3 is 12.1 Å². The Bertz CT molecular complexity index is 507. The van der Waals surface area contributed by atoms with E-state index in [-0.39, 0.29) is 29.6 Å². The van der Waals surface area contributed by atoms with Crippen LogP contribution in [0, 0.1) is 23.2 Å². The van der Waals surface area contributed by atoms with E-state index < -0.39 is 0 Å². The van der Waals surface area contributed by atoms with Crippen molar-refractivity contribution in [2.75, 3.05) is 20.2 Å². The van der Waals surface area contributed by atoms with E-state index in [0.717, 1.165) is 38.5 Å². The molecular formula is C17H26N2O4. The summed E-state index contributed by atoms with van der Waals surface area (Å²) in [5.41, 5.74) is 5.56. The standard InChI is InChI=1S/C17H26N2O4/c1-22-15(20)17-6-10-4-11(7-17)14(12(5-10)8-17)23-16(21)19-3-2-13(18)9-19/h10-14H,2-9,18H2,1H3/t10?,11-,12?,13?,14?,17?/m1/s1. The summed E-state index contributed by atoms with van der Waals surface area (Å²) in [4.78, 5) is 26.4. The zero-order chi connectivity index (χ0) is 16.2. The number of hydrogen-bond donors (Lipinski definition) is 1. The fourth-order valence-corrected chi connectivity index (χ4v) is 5.78. The van der Waals surface area contributed by atoms with Gasteiger partial charge in [0.25, 0.3) is 0 Å². The molecule has 5 rings (SSSR count). The number of carbonyl (C=O) groups is 2. The molecule has 1 heterocycles. The molecule has 5 fully saturated rings. The number of rotatable bonds is 2. The molecule has 0 aromatic heterocycles. The van der Waals surface area contributed by atoms with Gasteiger partial charge in [-0.05, 0) is 56.3 Å². The van der Waals surface area contributed by atoms with Crippen LogP contribution in [0.4, 0.5) is 4.79 Å². The predicted molar refractivity (Wildman–Crippen MR) is 82.4 cm³/mol. The SMILES string of the molecule is COC(=O)C12CC3CC(C1)C(OC(=O)N1CCC(N)C1)[C@H](C3)C2. The van der Waals surface area contributed by atoms with Crippen LogP contribution in [-0.4, -0.2) is 49.3 Å². The molecule has 5 aliphatic rings. The molecule has 4 saturated carbocycles. The van der Waals surface area contributed by atoms with Gasteiger partial charge in [-0.15, -0.1) is 0 Å². The zero-order valence-electron chi connectivity index (χ0n) is 13.7. The smallest absolute Gasteiger partial charge is 0.410 e. The highest BCUT2D eigenvalue weighted by molar-refractivity contribution is 5.77. The summed E-state index contributed by atoms with van der Waals surface area (Å²) in [6.07, 6.45) is 5.32. The van der Waals surface area contributed by atoms with E-state index in [9.17, 15) is 9.59 Å². The number of nitrogens with two attached hydrogens (primary N) is 1. The van der Waals surface area contributed by atoms with Crippen LogP contribution < -0.4 is 5.73 Å². The van der Waals surface area contributed by atoms with Crippen molar-refractivity contribution in [3.8, 4) is 0 Å². The van der Waals surface area contributed by atoms with Crippen molar-refractivity contribution in [2.24, 2.45) is 28.9 Å². The average molecular weight is 322 g/mol. The first kappa shape index (κ1) is 15.2. The number of hydrogen-bond acceptors (Lipinski definition) is 5. The van der Waals surface area contributed by atoms with Crippen molar-refractivity contribution >= 4 is 12.1 Å². The molecule has 5 unspecified atom stereocenters. The maximum atomic E-state index is 12.4. The molecule has 6 nitrogen and oxygen atoms in total. The molecule has 0 aromatic carbocycles. The van der Waals surface area contributed by atoms with Crippen LogP contribution >= 0.6 is 0 Å². The van der Waals surface area contributed by atoms with Gasteiger partial charge in [-0.2, -0.15) is 0 Å². The molecule has 23 heavy (non-hydrogen) atoms. The number of methoxy groups -OCH3 is 1. The largest absolute Gasteiger partial charge is 0.469 e. The summed E-state index contributed by atoms with van der Waals surface area (Å²) in [6, 6.07) is 0.0728. The molecule has 0 radical (unpaired) electrons. The zero-order valence-corrected chi connectivity index (χ0v) is 13.7. The molecule has 6 heteroatoms. The fourth-order valence-electron chi connectivity index (χ4n) is 5.78. The molecule has 128 valence electrons. The van der Waals surface area contributed by atoms with Crippen molar-refractivity contribution in [1.29, 1.82) is 0 Å². The molecule has 0 spiro atoms. The second kappa shape index (κ2) is 5.36. The summed E-state index contributed by atoms with van der Waals surface area (Å²) in [7, 11) is 1.48. The Morgan fingerprint density at radius 2 is 1.87 bits per heavy atom. The van der Waals surface area contributed by atoms with E-state index in [2.05, 4.69) is 0 Å². The van der Waals surface area contributed by atoms with E-state index in [1.165, 1.54) is 7.11 Å². The van der Waals surface area contributed by atoms with Crippen LogP contribution in [0.15, 0.2) is 0 Å². The van der Waals surface area contributed by atoms with Gasteiger partial charge in [-0.3, -0.25) is 4.79 Å². The summed E-state index contributed by atoms with van der Waals surface area (Å²) in [6.45, 7) is 1.28. The lowest BCUT2D eigenvalue weighted by Crippen LogP contribution is -2.58. The van der Waals surface area contributed by atoms with Gasteiger partial charge in [-0.25, -0.2) is 4.79 Å². The number of ether oxygens (including phenoxy) is 2. The van der Waals surface area contributed by atoms with Gasteiger partial charge in [0, 0.05) is 19.1 Å². The van der Waals surface area contributed by atoms with Gasteiger partial charge < -0.3 is 20.1 Å². The Morgan fingerprint density at radius 3 is 2.43 bits per heavy atom. The molecular weight excluding hydrogens is 296 g/mol. The van der Waals surface area contributed by atoms with Crippen molar-refractivity contribution in [2.45, 2.75) is 50.7 Å².